The SMILES string of the molecule is CCc1ccc(N2C(=O)[C@H]3N=NN(c4cc(C)cc(C)c4)[C@H]3C2=O)cc1. The number of hydrogen-bond acceptors (Lipinski definition) is 5. The minimum atomic E-state index is -0.783. The van der Waals surface area contributed by atoms with Gasteiger partial charge < -0.3 is 0 Å². The number of rotatable bonds is 3. The molecule has 1 fully saturated rings. The topological polar surface area (TPSA) is 65.3 Å². The highest BCUT2D eigenvalue weighted by Crippen LogP contribution is 2.35. The largest absolute Gasteiger partial charge is 0.271 e. The van der Waals surface area contributed by atoms with Crippen LogP contribution in [-0.4, -0.2) is 23.9 Å². The molecular formula is C20H20N4O2. The van der Waals surface area contributed by atoms with Crippen molar-refractivity contribution in [1.29, 1.82) is 0 Å². The summed E-state index contributed by atoms with van der Waals surface area (Å²) in [4.78, 5) is 27.1. The van der Waals surface area contributed by atoms with Gasteiger partial charge in [-0.2, -0.15) is 5.11 Å². The normalized spacial score (nSPS) is 21.7. The van der Waals surface area contributed by atoms with Crippen LogP contribution in [0.1, 0.15) is 23.6 Å². The number of anilines is 2. The zero-order valence-electron chi connectivity index (χ0n) is 15.0. The van der Waals surface area contributed by atoms with Crippen LogP contribution in [0.3, 0.4) is 0 Å². The quantitative estimate of drug-likeness (QED) is 0.799. The van der Waals surface area contributed by atoms with Gasteiger partial charge in [0.25, 0.3) is 11.8 Å². The average molecular weight is 348 g/mol. The fourth-order valence-electron chi connectivity index (χ4n) is 3.59. The van der Waals surface area contributed by atoms with Crippen LogP contribution in [0.15, 0.2) is 52.8 Å². The fourth-order valence-corrected chi connectivity index (χ4v) is 3.59. The van der Waals surface area contributed by atoms with E-state index in [1.54, 1.807) is 5.01 Å². The highest BCUT2D eigenvalue weighted by Gasteiger charge is 2.55. The first-order chi connectivity index (χ1) is 12.5. The fraction of sp³-hybridized carbons (Fsp3) is 0.300. The Bertz CT molecular complexity index is 900. The molecule has 2 atom stereocenters. The predicted octanol–water partition coefficient (Wildman–Crippen LogP) is 3.36. The number of carbonyl (C=O) groups is 2. The molecule has 2 aromatic rings. The number of fused-ring (bicyclic) bond motifs is 1. The number of benzene rings is 2. The van der Waals surface area contributed by atoms with Gasteiger partial charge in [-0.25, -0.2) is 9.91 Å². The Hall–Kier alpha value is -3.02. The molecule has 2 heterocycles. The van der Waals surface area contributed by atoms with Crippen molar-refractivity contribution in [2.45, 2.75) is 39.3 Å². The molecule has 1 saturated heterocycles. The van der Waals surface area contributed by atoms with Crippen molar-refractivity contribution >= 4 is 23.2 Å². The summed E-state index contributed by atoms with van der Waals surface area (Å²) in [7, 11) is 0. The van der Waals surface area contributed by atoms with E-state index >= 15 is 0 Å². The van der Waals surface area contributed by atoms with Gasteiger partial charge >= 0.3 is 0 Å². The first kappa shape index (κ1) is 16.4. The molecule has 0 aromatic heterocycles. The summed E-state index contributed by atoms with van der Waals surface area (Å²) >= 11 is 0. The molecule has 0 saturated carbocycles. The summed E-state index contributed by atoms with van der Waals surface area (Å²) in [5.41, 5.74) is 4.67. The van der Waals surface area contributed by atoms with Crippen LogP contribution in [0.4, 0.5) is 11.4 Å². The van der Waals surface area contributed by atoms with Gasteiger partial charge in [-0.05, 0) is 61.2 Å². The highest BCUT2D eigenvalue weighted by molar-refractivity contribution is 6.26. The second-order valence-electron chi connectivity index (χ2n) is 6.82. The third kappa shape index (κ3) is 2.49. The Kier molecular flexibility index (Phi) is 3.83. The Morgan fingerprint density at radius 1 is 0.923 bits per heavy atom. The smallest absolute Gasteiger partial charge is 0.263 e. The van der Waals surface area contributed by atoms with Gasteiger partial charge in [-0.15, -0.1) is 0 Å². The number of amides is 2. The number of aryl methyl sites for hydroxylation is 3. The van der Waals surface area contributed by atoms with E-state index in [-0.39, 0.29) is 11.8 Å². The third-order valence-corrected chi connectivity index (χ3v) is 4.86. The van der Waals surface area contributed by atoms with Crippen molar-refractivity contribution in [3.63, 3.8) is 0 Å². The van der Waals surface area contributed by atoms with Gasteiger partial charge in [0.1, 0.15) is 0 Å². The van der Waals surface area contributed by atoms with Crippen LogP contribution in [0.5, 0.6) is 0 Å². The minimum Gasteiger partial charge on any atom is -0.271 e. The molecular weight excluding hydrogens is 328 g/mol. The molecule has 6 nitrogen and oxygen atoms in total. The van der Waals surface area contributed by atoms with Crippen LogP contribution in [0.2, 0.25) is 0 Å². The molecule has 132 valence electrons. The summed E-state index contributed by atoms with van der Waals surface area (Å²) in [5, 5.41) is 9.79. The second kappa shape index (κ2) is 6.05. The Balaban J connectivity index is 1.68. The van der Waals surface area contributed by atoms with Crippen LogP contribution in [-0.2, 0) is 16.0 Å². The molecule has 2 aliphatic rings. The van der Waals surface area contributed by atoms with E-state index < -0.39 is 12.1 Å². The van der Waals surface area contributed by atoms with Crippen molar-refractivity contribution < 1.29 is 9.59 Å². The maximum atomic E-state index is 13.0. The molecule has 0 N–H and O–H groups in total. The average Bonchev–Trinajstić information content (AvgIpc) is 3.15. The summed E-state index contributed by atoms with van der Waals surface area (Å²) in [6.45, 7) is 6.04. The van der Waals surface area contributed by atoms with Crippen LogP contribution in [0.25, 0.3) is 0 Å². The van der Waals surface area contributed by atoms with Gasteiger partial charge in [0.15, 0.2) is 12.1 Å². The van der Waals surface area contributed by atoms with Crippen LogP contribution < -0.4 is 9.91 Å². The maximum absolute atomic E-state index is 13.0. The standard InChI is InChI=1S/C20H20N4O2/c1-4-14-5-7-15(8-6-14)23-19(25)17-18(20(23)26)24(22-21-17)16-10-12(2)9-13(3)11-16/h5-11,17-18H,4H2,1-3H3/t17-,18+/m0/s1. The molecule has 0 spiro atoms. The van der Waals surface area contributed by atoms with E-state index in [0.717, 1.165) is 28.8 Å². The molecule has 0 bridgehead atoms. The molecule has 2 aromatic carbocycles. The van der Waals surface area contributed by atoms with Crippen molar-refractivity contribution in [1.82, 2.24) is 0 Å². The summed E-state index contributed by atoms with van der Waals surface area (Å²) in [5.74, 6) is -0.603. The molecule has 2 amide bonds. The zero-order valence-corrected chi connectivity index (χ0v) is 15.0. The van der Waals surface area contributed by atoms with E-state index in [9.17, 15) is 9.59 Å². The van der Waals surface area contributed by atoms with Crippen LogP contribution >= 0.6 is 0 Å². The van der Waals surface area contributed by atoms with E-state index in [2.05, 4.69) is 23.3 Å². The number of carbonyl (C=O) groups excluding carboxylic acids is 2. The minimum absolute atomic E-state index is 0.284. The first-order valence-corrected chi connectivity index (χ1v) is 8.74. The zero-order chi connectivity index (χ0) is 18.4. The van der Waals surface area contributed by atoms with Crippen molar-refractivity contribution in [2.75, 3.05) is 9.91 Å². The van der Waals surface area contributed by atoms with Crippen LogP contribution in [0, 0.1) is 13.8 Å². The summed E-state index contributed by atoms with van der Waals surface area (Å²) in [6, 6.07) is 12.0. The lowest BCUT2D eigenvalue weighted by molar-refractivity contribution is -0.121. The molecule has 0 radical (unpaired) electrons. The third-order valence-electron chi connectivity index (χ3n) is 4.86. The van der Waals surface area contributed by atoms with Crippen molar-refractivity contribution in [3.8, 4) is 0 Å². The number of nitrogens with zero attached hydrogens (tertiary/aromatic N) is 4. The van der Waals surface area contributed by atoms with E-state index in [4.69, 9.17) is 0 Å². The lowest BCUT2D eigenvalue weighted by Gasteiger charge is -2.21. The van der Waals surface area contributed by atoms with Gasteiger partial charge in [0.2, 0.25) is 0 Å². The molecule has 0 aliphatic carbocycles. The van der Waals surface area contributed by atoms with Gasteiger partial charge in [-0.1, -0.05) is 30.3 Å². The number of imide groups is 1. The molecule has 2 aliphatic heterocycles. The lowest BCUT2D eigenvalue weighted by Crippen LogP contribution is -2.40. The van der Waals surface area contributed by atoms with E-state index in [0.29, 0.717) is 5.69 Å². The van der Waals surface area contributed by atoms with Gasteiger partial charge in [0.05, 0.1) is 11.4 Å². The van der Waals surface area contributed by atoms with E-state index in [1.807, 2.05) is 50.2 Å². The first-order valence-electron chi connectivity index (χ1n) is 8.74. The molecule has 26 heavy (non-hydrogen) atoms. The Labute approximate surface area is 152 Å². The summed E-state index contributed by atoms with van der Waals surface area (Å²) in [6.07, 6.45) is 0.905. The van der Waals surface area contributed by atoms with Gasteiger partial charge in [-0.3, -0.25) is 9.59 Å². The highest BCUT2D eigenvalue weighted by atomic mass is 16.2. The summed E-state index contributed by atoms with van der Waals surface area (Å²) < 4.78 is 0. The Morgan fingerprint density at radius 3 is 2.19 bits per heavy atom. The molecule has 4 rings (SSSR count). The monoisotopic (exact) mass is 348 g/mol. The van der Waals surface area contributed by atoms with E-state index in [1.165, 1.54) is 4.90 Å². The predicted molar refractivity (Wildman–Crippen MR) is 99.1 cm³/mol. The number of hydrogen-bond donors (Lipinski definition) is 0. The lowest BCUT2D eigenvalue weighted by atomic mass is 10.1. The van der Waals surface area contributed by atoms with Crippen molar-refractivity contribution in [3.05, 3.63) is 59.2 Å². The second-order valence-corrected chi connectivity index (χ2v) is 6.82. The molecule has 0 unspecified atom stereocenters. The molecule has 6 heteroatoms. The van der Waals surface area contributed by atoms with Crippen molar-refractivity contribution in [2.24, 2.45) is 10.3 Å². The maximum Gasteiger partial charge on any atom is 0.263 e. The van der Waals surface area contributed by atoms with Gasteiger partial charge in [0, 0.05) is 0 Å². The Morgan fingerprint density at radius 2 is 1.58 bits per heavy atom.